The Morgan fingerprint density at radius 2 is 2.00 bits per heavy atom. The predicted molar refractivity (Wildman–Crippen MR) is 91.1 cm³/mol. The van der Waals surface area contributed by atoms with Gasteiger partial charge in [0.2, 0.25) is 0 Å². The molecule has 128 valence electrons. The Hall–Kier alpha value is -2.87. The standard InChI is InChI=1S/C17H13FN2O4S/c18-10-3-1-2-4-12(10)24-9-16(21)20-17-19-11-7-13-14(8-15(11)25-17)23-6-5-22-13/h1-4,7-8H,5-6,9H2,(H,19,20,21). The molecule has 1 aliphatic heterocycles. The van der Waals surface area contributed by atoms with Crippen LogP contribution in [0.1, 0.15) is 0 Å². The lowest BCUT2D eigenvalue weighted by Crippen LogP contribution is -2.20. The quantitative estimate of drug-likeness (QED) is 0.774. The average molecular weight is 360 g/mol. The number of rotatable bonds is 4. The molecule has 6 nitrogen and oxygen atoms in total. The smallest absolute Gasteiger partial charge is 0.264 e. The van der Waals surface area contributed by atoms with Gasteiger partial charge in [0.15, 0.2) is 34.8 Å². The van der Waals surface area contributed by atoms with E-state index in [0.29, 0.717) is 35.4 Å². The highest BCUT2D eigenvalue weighted by molar-refractivity contribution is 7.22. The summed E-state index contributed by atoms with van der Waals surface area (Å²) in [6.45, 7) is 0.702. The Kier molecular flexibility index (Phi) is 4.10. The zero-order valence-electron chi connectivity index (χ0n) is 13.0. The fourth-order valence-electron chi connectivity index (χ4n) is 2.38. The number of hydrogen-bond acceptors (Lipinski definition) is 6. The highest BCUT2D eigenvalue weighted by Gasteiger charge is 2.16. The summed E-state index contributed by atoms with van der Waals surface area (Å²) in [7, 11) is 0. The lowest BCUT2D eigenvalue weighted by molar-refractivity contribution is -0.118. The molecule has 0 unspecified atom stereocenters. The number of thiazole rings is 1. The van der Waals surface area contributed by atoms with Crippen LogP contribution in [-0.4, -0.2) is 30.7 Å². The molecule has 4 rings (SSSR count). The highest BCUT2D eigenvalue weighted by Crippen LogP contribution is 2.37. The molecule has 1 N–H and O–H groups in total. The zero-order valence-corrected chi connectivity index (χ0v) is 13.8. The Bertz CT molecular complexity index is 901. The Morgan fingerprint density at radius 1 is 1.24 bits per heavy atom. The number of carbonyl (C=O) groups excluding carboxylic acids is 1. The molecule has 2 aromatic carbocycles. The van der Waals surface area contributed by atoms with Crippen LogP contribution in [0.5, 0.6) is 17.2 Å². The first-order chi connectivity index (χ1) is 12.2. The molecule has 0 spiro atoms. The van der Waals surface area contributed by atoms with Crippen LogP contribution in [0.3, 0.4) is 0 Å². The fourth-order valence-corrected chi connectivity index (χ4v) is 3.27. The molecule has 3 aromatic rings. The van der Waals surface area contributed by atoms with Crippen molar-refractivity contribution in [1.29, 1.82) is 0 Å². The zero-order chi connectivity index (χ0) is 17.2. The van der Waals surface area contributed by atoms with E-state index in [-0.39, 0.29) is 12.4 Å². The molecule has 0 radical (unpaired) electrons. The van der Waals surface area contributed by atoms with E-state index >= 15 is 0 Å². The number of nitrogens with zero attached hydrogens (tertiary/aromatic N) is 1. The number of benzene rings is 2. The van der Waals surface area contributed by atoms with Crippen molar-refractivity contribution in [2.24, 2.45) is 0 Å². The van der Waals surface area contributed by atoms with Crippen LogP contribution in [0.15, 0.2) is 36.4 Å². The number of para-hydroxylation sites is 1. The van der Waals surface area contributed by atoms with Crippen molar-refractivity contribution in [2.75, 3.05) is 25.1 Å². The maximum Gasteiger partial charge on any atom is 0.264 e. The summed E-state index contributed by atoms with van der Waals surface area (Å²) in [5, 5.41) is 3.08. The molecular weight excluding hydrogens is 347 g/mol. The summed E-state index contributed by atoms with van der Waals surface area (Å²) in [5.41, 5.74) is 0.708. The number of hydrogen-bond donors (Lipinski definition) is 1. The minimum Gasteiger partial charge on any atom is -0.486 e. The number of amides is 1. The summed E-state index contributed by atoms with van der Waals surface area (Å²) >= 11 is 1.32. The fraction of sp³-hybridized carbons (Fsp3) is 0.176. The van der Waals surface area contributed by atoms with Crippen molar-refractivity contribution in [3.8, 4) is 17.2 Å². The van der Waals surface area contributed by atoms with Gasteiger partial charge in [-0.2, -0.15) is 0 Å². The van der Waals surface area contributed by atoms with Gasteiger partial charge >= 0.3 is 0 Å². The molecule has 8 heteroatoms. The molecule has 25 heavy (non-hydrogen) atoms. The third-order valence-electron chi connectivity index (χ3n) is 3.49. The number of ether oxygens (including phenoxy) is 3. The lowest BCUT2D eigenvalue weighted by Gasteiger charge is -2.17. The first-order valence-corrected chi connectivity index (χ1v) is 8.38. The molecule has 1 amide bonds. The summed E-state index contributed by atoms with van der Waals surface area (Å²) in [6.07, 6.45) is 0. The van der Waals surface area contributed by atoms with E-state index in [0.717, 1.165) is 4.70 Å². The first kappa shape index (κ1) is 15.6. The molecule has 2 heterocycles. The lowest BCUT2D eigenvalue weighted by atomic mass is 10.3. The van der Waals surface area contributed by atoms with Gasteiger partial charge < -0.3 is 14.2 Å². The maximum atomic E-state index is 13.5. The second-order valence-electron chi connectivity index (χ2n) is 5.25. The molecule has 0 bridgehead atoms. The summed E-state index contributed by atoms with van der Waals surface area (Å²) in [4.78, 5) is 16.3. The van der Waals surface area contributed by atoms with Gasteiger partial charge in [-0.25, -0.2) is 9.37 Å². The van der Waals surface area contributed by atoms with E-state index in [2.05, 4.69) is 10.3 Å². The van der Waals surface area contributed by atoms with Gasteiger partial charge in [0, 0.05) is 12.1 Å². The first-order valence-electron chi connectivity index (χ1n) is 7.56. The van der Waals surface area contributed by atoms with E-state index in [1.54, 1.807) is 18.2 Å². The van der Waals surface area contributed by atoms with Crippen LogP contribution in [0.4, 0.5) is 9.52 Å². The Morgan fingerprint density at radius 3 is 2.80 bits per heavy atom. The van der Waals surface area contributed by atoms with Crippen LogP contribution >= 0.6 is 11.3 Å². The average Bonchev–Trinajstić information content (AvgIpc) is 2.99. The van der Waals surface area contributed by atoms with Crippen LogP contribution in [0, 0.1) is 5.82 Å². The highest BCUT2D eigenvalue weighted by atomic mass is 32.1. The van der Waals surface area contributed by atoms with Crippen molar-refractivity contribution in [1.82, 2.24) is 4.98 Å². The summed E-state index contributed by atoms with van der Waals surface area (Å²) in [5.74, 6) is 0.414. The molecular formula is C17H13FN2O4S. The number of halogens is 1. The molecule has 0 fully saturated rings. The second-order valence-corrected chi connectivity index (χ2v) is 6.28. The number of nitrogens with one attached hydrogen (secondary N) is 1. The molecule has 1 aliphatic rings. The van der Waals surface area contributed by atoms with Gasteiger partial charge in [-0.3, -0.25) is 10.1 Å². The molecule has 0 aliphatic carbocycles. The van der Waals surface area contributed by atoms with E-state index in [1.807, 2.05) is 6.07 Å². The predicted octanol–water partition coefficient (Wildman–Crippen LogP) is 3.22. The SMILES string of the molecule is O=C(COc1ccccc1F)Nc1nc2cc3c(cc2s1)OCCO3. The van der Waals surface area contributed by atoms with Gasteiger partial charge in [-0.15, -0.1) is 0 Å². The van der Waals surface area contributed by atoms with Gasteiger partial charge in [0.1, 0.15) is 13.2 Å². The Labute approximate surface area is 146 Å². The molecule has 0 saturated carbocycles. The summed E-state index contributed by atoms with van der Waals surface area (Å²) < 4.78 is 30.6. The van der Waals surface area contributed by atoms with Crippen LogP contribution < -0.4 is 19.5 Å². The minimum absolute atomic E-state index is 0.0314. The third kappa shape index (κ3) is 3.34. The van der Waals surface area contributed by atoms with E-state index in [4.69, 9.17) is 14.2 Å². The topological polar surface area (TPSA) is 69.7 Å². The van der Waals surface area contributed by atoms with Crippen LogP contribution in [0.25, 0.3) is 10.2 Å². The van der Waals surface area contributed by atoms with E-state index in [1.165, 1.54) is 23.5 Å². The third-order valence-corrected chi connectivity index (χ3v) is 4.43. The molecule has 0 atom stereocenters. The van der Waals surface area contributed by atoms with Crippen molar-refractivity contribution < 1.29 is 23.4 Å². The number of fused-ring (bicyclic) bond motifs is 2. The largest absolute Gasteiger partial charge is 0.486 e. The van der Waals surface area contributed by atoms with Gasteiger partial charge in [0.25, 0.3) is 5.91 Å². The van der Waals surface area contributed by atoms with Crippen LogP contribution in [0.2, 0.25) is 0 Å². The number of anilines is 1. The minimum atomic E-state index is -0.513. The number of aromatic nitrogens is 1. The van der Waals surface area contributed by atoms with E-state index < -0.39 is 11.7 Å². The van der Waals surface area contributed by atoms with Gasteiger partial charge in [-0.1, -0.05) is 23.5 Å². The molecule has 0 saturated heterocycles. The normalized spacial score (nSPS) is 12.8. The second kappa shape index (κ2) is 6.56. The monoisotopic (exact) mass is 360 g/mol. The van der Waals surface area contributed by atoms with Crippen molar-refractivity contribution in [2.45, 2.75) is 0 Å². The van der Waals surface area contributed by atoms with Gasteiger partial charge in [-0.05, 0) is 12.1 Å². The van der Waals surface area contributed by atoms with Crippen molar-refractivity contribution in [3.63, 3.8) is 0 Å². The summed E-state index contributed by atoms with van der Waals surface area (Å²) in [6, 6.07) is 9.54. The van der Waals surface area contributed by atoms with Crippen molar-refractivity contribution >= 4 is 32.6 Å². The van der Waals surface area contributed by atoms with E-state index in [9.17, 15) is 9.18 Å². The van der Waals surface area contributed by atoms with Crippen molar-refractivity contribution in [3.05, 3.63) is 42.2 Å². The van der Waals surface area contributed by atoms with Crippen LogP contribution in [-0.2, 0) is 4.79 Å². The maximum absolute atomic E-state index is 13.5. The Balaban J connectivity index is 1.45. The van der Waals surface area contributed by atoms with Gasteiger partial charge in [0.05, 0.1) is 10.2 Å². The number of carbonyl (C=O) groups is 1. The molecule has 1 aromatic heterocycles.